The Morgan fingerprint density at radius 1 is 1.00 bits per heavy atom. The second kappa shape index (κ2) is 4.63. The zero-order valence-electron chi connectivity index (χ0n) is 9.78. The number of imidazole rings is 1. The van der Waals surface area contributed by atoms with Crippen molar-refractivity contribution in [3.05, 3.63) is 59.9 Å². The average molecular weight is 279 g/mol. The minimum Gasteiger partial charge on any atom is -0.290 e. The van der Waals surface area contributed by atoms with Gasteiger partial charge in [-0.25, -0.2) is 13.8 Å². The molecular weight excluding hydrogens is 270 g/mol. The van der Waals surface area contributed by atoms with Gasteiger partial charge in [-0.05, 0) is 24.3 Å². The molecule has 3 aromatic rings. The lowest BCUT2D eigenvalue weighted by Gasteiger charge is -2.09. The zero-order chi connectivity index (χ0) is 13.4. The number of hydrogen-bond acceptors (Lipinski definition) is 1. The summed E-state index contributed by atoms with van der Waals surface area (Å²) in [5, 5.41) is 0. The van der Waals surface area contributed by atoms with Crippen molar-refractivity contribution < 1.29 is 8.78 Å². The van der Waals surface area contributed by atoms with E-state index in [1.165, 1.54) is 22.8 Å². The molecule has 96 valence electrons. The van der Waals surface area contributed by atoms with Crippen LogP contribution in [0.25, 0.3) is 16.7 Å². The molecule has 1 aromatic heterocycles. The molecule has 19 heavy (non-hydrogen) atoms. The summed E-state index contributed by atoms with van der Waals surface area (Å²) >= 11 is 5.83. The van der Waals surface area contributed by atoms with Gasteiger partial charge in [0.1, 0.15) is 23.1 Å². The highest BCUT2D eigenvalue weighted by Gasteiger charge is 2.17. The Kier molecular flexibility index (Phi) is 2.95. The highest BCUT2D eigenvalue weighted by atomic mass is 35.5. The molecule has 0 aliphatic carbocycles. The largest absolute Gasteiger partial charge is 0.290 e. The van der Waals surface area contributed by atoms with E-state index >= 15 is 0 Å². The van der Waals surface area contributed by atoms with E-state index < -0.39 is 11.6 Å². The maximum absolute atomic E-state index is 13.9. The van der Waals surface area contributed by atoms with Crippen LogP contribution in [0.3, 0.4) is 0 Å². The summed E-state index contributed by atoms with van der Waals surface area (Å²) in [6.07, 6.45) is 0. The molecule has 0 fully saturated rings. The predicted octanol–water partition coefficient (Wildman–Crippen LogP) is 4.04. The Labute approximate surface area is 113 Å². The SMILES string of the molecule is Fc1cccc(F)c1-n1c(CCl)nc2ccccc21. The second-order valence-electron chi connectivity index (χ2n) is 4.06. The summed E-state index contributed by atoms with van der Waals surface area (Å²) < 4.78 is 29.3. The number of aromatic nitrogens is 2. The Balaban J connectivity index is 2.41. The van der Waals surface area contributed by atoms with Crippen LogP contribution in [0.1, 0.15) is 5.82 Å². The number of halogens is 3. The minimum atomic E-state index is -0.644. The molecule has 0 bridgehead atoms. The number of alkyl halides is 1. The van der Waals surface area contributed by atoms with Crippen LogP contribution in [0.2, 0.25) is 0 Å². The first-order chi connectivity index (χ1) is 9.22. The van der Waals surface area contributed by atoms with E-state index in [4.69, 9.17) is 11.6 Å². The number of hydrogen-bond donors (Lipinski definition) is 0. The van der Waals surface area contributed by atoms with Gasteiger partial charge in [0, 0.05) is 0 Å². The third kappa shape index (κ3) is 1.88. The lowest BCUT2D eigenvalue weighted by Crippen LogP contribution is -2.04. The maximum Gasteiger partial charge on any atom is 0.150 e. The second-order valence-corrected chi connectivity index (χ2v) is 4.32. The van der Waals surface area contributed by atoms with Crippen molar-refractivity contribution in [3.8, 4) is 5.69 Å². The molecule has 0 saturated carbocycles. The van der Waals surface area contributed by atoms with Crippen LogP contribution < -0.4 is 0 Å². The van der Waals surface area contributed by atoms with Crippen molar-refractivity contribution in [2.45, 2.75) is 5.88 Å². The molecule has 0 radical (unpaired) electrons. The molecule has 0 aliphatic heterocycles. The van der Waals surface area contributed by atoms with Gasteiger partial charge in [0.2, 0.25) is 0 Å². The molecule has 0 spiro atoms. The highest BCUT2D eigenvalue weighted by molar-refractivity contribution is 6.17. The highest BCUT2D eigenvalue weighted by Crippen LogP contribution is 2.26. The predicted molar refractivity (Wildman–Crippen MR) is 70.5 cm³/mol. The van der Waals surface area contributed by atoms with Crippen LogP contribution >= 0.6 is 11.6 Å². The molecular formula is C14H9ClF2N2. The van der Waals surface area contributed by atoms with E-state index in [1.807, 2.05) is 6.07 Å². The molecule has 0 aliphatic rings. The molecule has 0 unspecified atom stereocenters. The molecule has 0 amide bonds. The van der Waals surface area contributed by atoms with Gasteiger partial charge in [0.15, 0.2) is 0 Å². The fourth-order valence-corrected chi connectivity index (χ4v) is 2.30. The van der Waals surface area contributed by atoms with Crippen LogP contribution in [-0.4, -0.2) is 9.55 Å². The van der Waals surface area contributed by atoms with Crippen LogP contribution in [0, 0.1) is 11.6 Å². The van der Waals surface area contributed by atoms with E-state index in [0.717, 1.165) is 0 Å². The Morgan fingerprint density at radius 3 is 2.37 bits per heavy atom. The van der Waals surface area contributed by atoms with Crippen LogP contribution in [0.4, 0.5) is 8.78 Å². The first kappa shape index (κ1) is 12.1. The van der Waals surface area contributed by atoms with E-state index in [0.29, 0.717) is 16.9 Å². The third-order valence-electron chi connectivity index (χ3n) is 2.91. The van der Waals surface area contributed by atoms with Gasteiger partial charge in [0.25, 0.3) is 0 Å². The monoisotopic (exact) mass is 278 g/mol. The molecule has 2 nitrogen and oxygen atoms in total. The lowest BCUT2D eigenvalue weighted by molar-refractivity contribution is 0.569. The topological polar surface area (TPSA) is 17.8 Å². The van der Waals surface area contributed by atoms with Gasteiger partial charge in [-0.1, -0.05) is 18.2 Å². The summed E-state index contributed by atoms with van der Waals surface area (Å²) in [6.45, 7) is 0. The number of fused-ring (bicyclic) bond motifs is 1. The van der Waals surface area contributed by atoms with Crippen molar-refractivity contribution in [2.24, 2.45) is 0 Å². The molecule has 0 atom stereocenters. The molecule has 2 aromatic carbocycles. The first-order valence-electron chi connectivity index (χ1n) is 5.69. The maximum atomic E-state index is 13.9. The molecule has 3 rings (SSSR count). The van der Waals surface area contributed by atoms with Crippen molar-refractivity contribution in [1.29, 1.82) is 0 Å². The van der Waals surface area contributed by atoms with Crippen molar-refractivity contribution in [2.75, 3.05) is 0 Å². The van der Waals surface area contributed by atoms with E-state index in [-0.39, 0.29) is 11.6 Å². The number of nitrogens with zero attached hydrogens (tertiary/aromatic N) is 2. The molecule has 0 N–H and O–H groups in total. The normalized spacial score (nSPS) is 11.1. The number of benzene rings is 2. The van der Waals surface area contributed by atoms with E-state index in [2.05, 4.69) is 4.98 Å². The number of para-hydroxylation sites is 3. The van der Waals surface area contributed by atoms with Crippen molar-refractivity contribution in [3.63, 3.8) is 0 Å². The quantitative estimate of drug-likeness (QED) is 0.647. The smallest absolute Gasteiger partial charge is 0.150 e. The lowest BCUT2D eigenvalue weighted by atomic mass is 10.2. The molecule has 1 heterocycles. The van der Waals surface area contributed by atoms with Gasteiger partial charge in [-0.3, -0.25) is 4.57 Å². The van der Waals surface area contributed by atoms with Gasteiger partial charge >= 0.3 is 0 Å². The summed E-state index contributed by atoms with van der Waals surface area (Å²) in [7, 11) is 0. The summed E-state index contributed by atoms with van der Waals surface area (Å²) in [5.74, 6) is -0.807. The van der Waals surface area contributed by atoms with Gasteiger partial charge in [0.05, 0.1) is 16.9 Å². The number of rotatable bonds is 2. The third-order valence-corrected chi connectivity index (χ3v) is 3.15. The van der Waals surface area contributed by atoms with Crippen molar-refractivity contribution in [1.82, 2.24) is 9.55 Å². The Bertz CT molecular complexity index is 732. The van der Waals surface area contributed by atoms with Crippen LogP contribution in [0.5, 0.6) is 0 Å². The van der Waals surface area contributed by atoms with Crippen molar-refractivity contribution >= 4 is 22.6 Å². The zero-order valence-corrected chi connectivity index (χ0v) is 10.5. The Morgan fingerprint density at radius 2 is 1.68 bits per heavy atom. The Hall–Kier alpha value is -1.94. The fourth-order valence-electron chi connectivity index (χ4n) is 2.12. The average Bonchev–Trinajstić information content (AvgIpc) is 2.77. The van der Waals surface area contributed by atoms with Gasteiger partial charge in [-0.15, -0.1) is 11.6 Å². The molecule has 5 heteroatoms. The van der Waals surface area contributed by atoms with Crippen LogP contribution in [0.15, 0.2) is 42.5 Å². The summed E-state index contributed by atoms with van der Waals surface area (Å²) in [4.78, 5) is 4.29. The fraction of sp³-hybridized carbons (Fsp3) is 0.0714. The standard InChI is InChI=1S/C14H9ClF2N2/c15-8-13-18-11-6-1-2-7-12(11)19(13)14-9(16)4-3-5-10(14)17/h1-7H,8H2. The first-order valence-corrected chi connectivity index (χ1v) is 6.22. The minimum absolute atomic E-state index is 0.0719. The van der Waals surface area contributed by atoms with E-state index in [1.54, 1.807) is 18.2 Å². The summed E-state index contributed by atoms with van der Waals surface area (Å²) in [5.41, 5.74) is 1.13. The van der Waals surface area contributed by atoms with E-state index in [9.17, 15) is 8.78 Å². The van der Waals surface area contributed by atoms with Crippen LogP contribution in [-0.2, 0) is 5.88 Å². The summed E-state index contributed by atoms with van der Waals surface area (Å²) in [6, 6.07) is 10.9. The molecule has 0 saturated heterocycles. The van der Waals surface area contributed by atoms with Gasteiger partial charge in [-0.2, -0.15) is 0 Å². The van der Waals surface area contributed by atoms with Gasteiger partial charge < -0.3 is 0 Å².